The number of alkyl halides is 3. The van der Waals surface area contributed by atoms with Gasteiger partial charge < -0.3 is 10.2 Å². The van der Waals surface area contributed by atoms with Gasteiger partial charge in [0.2, 0.25) is 0 Å². The van der Waals surface area contributed by atoms with Crippen molar-refractivity contribution in [2.45, 2.75) is 12.5 Å². The lowest BCUT2D eigenvalue weighted by atomic mass is 10.00. The molecule has 1 aromatic heterocycles. The van der Waals surface area contributed by atoms with Gasteiger partial charge in [-0.15, -0.1) is 0 Å². The smallest absolute Gasteiger partial charge is 0.364 e. The lowest BCUT2D eigenvalue weighted by Crippen LogP contribution is -2.11. The van der Waals surface area contributed by atoms with E-state index in [4.69, 9.17) is 10.2 Å². The molecule has 2 aromatic rings. The lowest BCUT2D eigenvalue weighted by Gasteiger charge is -2.15. The van der Waals surface area contributed by atoms with Crippen LogP contribution in [0.5, 0.6) is 0 Å². The predicted octanol–water partition coefficient (Wildman–Crippen LogP) is 2.23. The molecule has 4 nitrogen and oxygen atoms in total. The molecule has 0 unspecified atom stereocenters. The van der Waals surface area contributed by atoms with Crippen molar-refractivity contribution < 1.29 is 27.8 Å². The average Bonchev–Trinajstić information content (AvgIpc) is 2.73. The van der Waals surface area contributed by atoms with Gasteiger partial charge in [-0.1, -0.05) is 0 Å². The maximum Gasteiger partial charge on any atom is 0.417 e. The van der Waals surface area contributed by atoms with Gasteiger partial charge in [0.25, 0.3) is 0 Å². The molecule has 1 aromatic carbocycles. The Labute approximate surface area is 110 Å². The van der Waals surface area contributed by atoms with E-state index in [0.29, 0.717) is 0 Å². The van der Waals surface area contributed by atoms with Gasteiger partial charge in [-0.3, -0.25) is 4.68 Å². The monoisotopic (exact) mass is 290 g/mol. The molecule has 2 N–H and O–H groups in total. The van der Waals surface area contributed by atoms with Crippen molar-refractivity contribution in [2.75, 3.05) is 0 Å². The van der Waals surface area contributed by atoms with Crippen LogP contribution in [0, 0.1) is 5.82 Å². The highest BCUT2D eigenvalue weighted by Gasteiger charge is 2.36. The SMILES string of the molecule is Cn1ccc(-c2cc(C(O)O)c(F)cc2C(F)(F)F)n1. The van der Waals surface area contributed by atoms with Crippen LogP contribution in [0.25, 0.3) is 11.3 Å². The third kappa shape index (κ3) is 2.66. The van der Waals surface area contributed by atoms with Crippen LogP contribution >= 0.6 is 0 Å². The lowest BCUT2D eigenvalue weighted by molar-refractivity contribution is -0.137. The number of hydrogen-bond donors (Lipinski definition) is 2. The second kappa shape index (κ2) is 4.88. The highest BCUT2D eigenvalue weighted by Crippen LogP contribution is 2.38. The van der Waals surface area contributed by atoms with Crippen molar-refractivity contribution in [2.24, 2.45) is 7.05 Å². The van der Waals surface area contributed by atoms with E-state index < -0.39 is 35.0 Å². The largest absolute Gasteiger partial charge is 0.417 e. The van der Waals surface area contributed by atoms with Crippen LogP contribution in [0.3, 0.4) is 0 Å². The quantitative estimate of drug-likeness (QED) is 0.658. The molecule has 0 radical (unpaired) electrons. The first-order chi connectivity index (χ1) is 9.20. The van der Waals surface area contributed by atoms with E-state index in [1.165, 1.54) is 24.0 Å². The summed E-state index contributed by atoms with van der Waals surface area (Å²) in [4.78, 5) is 0. The maximum absolute atomic E-state index is 13.5. The fourth-order valence-corrected chi connectivity index (χ4v) is 1.79. The van der Waals surface area contributed by atoms with E-state index in [-0.39, 0.29) is 11.8 Å². The minimum absolute atomic E-state index is 0.0401. The number of nitrogens with zero attached hydrogens (tertiary/aromatic N) is 2. The van der Waals surface area contributed by atoms with Crippen LogP contribution in [0.15, 0.2) is 24.4 Å². The van der Waals surface area contributed by atoms with Crippen LogP contribution in [-0.2, 0) is 13.2 Å². The van der Waals surface area contributed by atoms with Gasteiger partial charge in [-0.25, -0.2) is 4.39 Å². The Morgan fingerprint density at radius 2 is 1.90 bits per heavy atom. The molecule has 1 heterocycles. The fraction of sp³-hybridized carbons (Fsp3) is 0.250. The highest BCUT2D eigenvalue weighted by molar-refractivity contribution is 5.65. The summed E-state index contributed by atoms with van der Waals surface area (Å²) in [6, 6.07) is 2.29. The van der Waals surface area contributed by atoms with Gasteiger partial charge in [-0.2, -0.15) is 18.3 Å². The maximum atomic E-state index is 13.5. The van der Waals surface area contributed by atoms with Crippen molar-refractivity contribution in [1.29, 1.82) is 0 Å². The normalized spacial score (nSPS) is 12.2. The Morgan fingerprint density at radius 1 is 1.25 bits per heavy atom. The summed E-state index contributed by atoms with van der Waals surface area (Å²) < 4.78 is 53.6. The Kier molecular flexibility index (Phi) is 3.53. The minimum Gasteiger partial charge on any atom is -0.364 e. The van der Waals surface area contributed by atoms with Crippen molar-refractivity contribution in [3.05, 3.63) is 41.3 Å². The van der Waals surface area contributed by atoms with E-state index in [2.05, 4.69) is 5.10 Å². The van der Waals surface area contributed by atoms with Gasteiger partial charge in [0.15, 0.2) is 6.29 Å². The number of benzene rings is 1. The number of aryl methyl sites for hydroxylation is 1. The zero-order valence-corrected chi connectivity index (χ0v) is 10.2. The molecule has 20 heavy (non-hydrogen) atoms. The summed E-state index contributed by atoms with van der Waals surface area (Å²) in [6.07, 6.45) is -5.57. The first kappa shape index (κ1) is 14.5. The average molecular weight is 290 g/mol. The Balaban J connectivity index is 2.71. The number of aromatic nitrogens is 2. The van der Waals surface area contributed by atoms with Gasteiger partial charge in [0, 0.05) is 24.4 Å². The summed E-state index contributed by atoms with van der Waals surface area (Å²) in [6.45, 7) is 0. The standard InChI is InChI=1S/C12H10F4N2O2/c1-18-3-2-10(17-18)6-4-7(11(19)20)9(13)5-8(6)12(14,15)16/h2-5,11,19-20H,1H3. The molecule has 0 spiro atoms. The summed E-state index contributed by atoms with van der Waals surface area (Å²) in [5.41, 5.74) is -2.32. The van der Waals surface area contributed by atoms with Gasteiger partial charge in [0.1, 0.15) is 5.82 Å². The molecule has 0 aliphatic carbocycles. The third-order valence-electron chi connectivity index (χ3n) is 2.71. The molecule has 0 fully saturated rings. The van der Waals surface area contributed by atoms with E-state index >= 15 is 0 Å². The Morgan fingerprint density at radius 3 is 2.35 bits per heavy atom. The minimum atomic E-state index is -4.79. The van der Waals surface area contributed by atoms with Crippen molar-refractivity contribution in [1.82, 2.24) is 9.78 Å². The Bertz CT molecular complexity index is 635. The predicted molar refractivity (Wildman–Crippen MR) is 60.8 cm³/mol. The molecule has 108 valence electrons. The molecule has 0 aliphatic heterocycles. The summed E-state index contributed by atoms with van der Waals surface area (Å²) >= 11 is 0. The van der Waals surface area contributed by atoms with Gasteiger partial charge in [-0.05, 0) is 18.2 Å². The molecular formula is C12H10F4N2O2. The van der Waals surface area contributed by atoms with Crippen molar-refractivity contribution >= 4 is 0 Å². The number of hydrogen-bond acceptors (Lipinski definition) is 3. The van der Waals surface area contributed by atoms with E-state index in [1.54, 1.807) is 0 Å². The van der Waals surface area contributed by atoms with Crippen LogP contribution in [0.2, 0.25) is 0 Å². The molecule has 0 atom stereocenters. The second-order valence-electron chi connectivity index (χ2n) is 4.17. The molecule has 2 rings (SSSR count). The van der Waals surface area contributed by atoms with E-state index in [1.807, 2.05) is 0 Å². The van der Waals surface area contributed by atoms with E-state index in [9.17, 15) is 17.6 Å². The van der Waals surface area contributed by atoms with Gasteiger partial charge in [0.05, 0.1) is 11.3 Å². The highest BCUT2D eigenvalue weighted by atomic mass is 19.4. The molecule has 0 amide bonds. The molecule has 0 bridgehead atoms. The Hall–Kier alpha value is -1.93. The number of rotatable bonds is 2. The second-order valence-corrected chi connectivity index (χ2v) is 4.17. The topological polar surface area (TPSA) is 58.3 Å². The molecule has 0 saturated heterocycles. The molecule has 0 aliphatic rings. The van der Waals surface area contributed by atoms with Crippen molar-refractivity contribution in [3.8, 4) is 11.3 Å². The zero-order valence-electron chi connectivity index (χ0n) is 10.2. The number of aliphatic hydroxyl groups excluding tert-OH is 1. The number of aliphatic hydroxyl groups is 2. The molecular weight excluding hydrogens is 280 g/mol. The first-order valence-corrected chi connectivity index (χ1v) is 5.47. The summed E-state index contributed by atoms with van der Waals surface area (Å²) in [5, 5.41) is 21.8. The van der Waals surface area contributed by atoms with Crippen LogP contribution in [0.4, 0.5) is 17.6 Å². The van der Waals surface area contributed by atoms with Gasteiger partial charge >= 0.3 is 6.18 Å². The number of halogens is 4. The summed E-state index contributed by atoms with van der Waals surface area (Å²) in [5.74, 6) is -1.34. The van der Waals surface area contributed by atoms with Crippen LogP contribution < -0.4 is 0 Å². The van der Waals surface area contributed by atoms with Crippen LogP contribution in [-0.4, -0.2) is 20.0 Å². The zero-order chi connectivity index (χ0) is 15.1. The van der Waals surface area contributed by atoms with Crippen molar-refractivity contribution in [3.63, 3.8) is 0 Å². The summed E-state index contributed by atoms with van der Waals surface area (Å²) in [7, 11) is 1.52. The van der Waals surface area contributed by atoms with Crippen LogP contribution in [0.1, 0.15) is 17.4 Å². The third-order valence-corrected chi connectivity index (χ3v) is 2.71. The molecule has 0 saturated carbocycles. The first-order valence-electron chi connectivity index (χ1n) is 5.47. The van der Waals surface area contributed by atoms with E-state index in [0.717, 1.165) is 6.07 Å². The molecule has 8 heteroatoms. The fourth-order valence-electron chi connectivity index (χ4n) is 1.79.